The molecule has 0 saturated heterocycles. The molecule has 0 radical (unpaired) electrons. The second-order valence-corrected chi connectivity index (χ2v) is 14.9. The van der Waals surface area contributed by atoms with Crippen molar-refractivity contribution in [3.8, 4) is 27.9 Å². The van der Waals surface area contributed by atoms with Crippen LogP contribution in [0.15, 0.2) is 215 Å². The standard InChI is InChI=1S/C54H34N2O2/c1-2-14-40(41-15-3-8-20-48(41)56-49-21-9-4-16-42(49)43-17-5-10-22-50(43)56)39(13-1)35-25-27-36(28-26-35)55(37-29-31-53-46(33-37)44-18-6-11-23-51(44)57-53)38-30-32-54-47(34-38)45-19-7-12-24-52(45)58-54/h1-34H. The van der Waals surface area contributed by atoms with Gasteiger partial charge in [0.25, 0.3) is 0 Å². The molecule has 0 spiro atoms. The van der Waals surface area contributed by atoms with Gasteiger partial charge in [-0.2, -0.15) is 0 Å². The van der Waals surface area contributed by atoms with Crippen molar-refractivity contribution in [2.45, 2.75) is 0 Å². The van der Waals surface area contributed by atoms with E-state index in [4.69, 9.17) is 8.83 Å². The fourth-order valence-corrected chi connectivity index (χ4v) is 8.99. The Morgan fingerprint density at radius 3 is 1.33 bits per heavy atom. The highest BCUT2D eigenvalue weighted by Gasteiger charge is 2.20. The van der Waals surface area contributed by atoms with Gasteiger partial charge in [-0.15, -0.1) is 0 Å². The highest BCUT2D eigenvalue weighted by atomic mass is 16.3. The summed E-state index contributed by atoms with van der Waals surface area (Å²) in [5, 5.41) is 6.87. The monoisotopic (exact) mass is 742 g/mol. The maximum atomic E-state index is 6.25. The molecule has 4 nitrogen and oxygen atoms in total. The van der Waals surface area contributed by atoms with E-state index in [1.165, 1.54) is 38.5 Å². The van der Waals surface area contributed by atoms with Gasteiger partial charge < -0.3 is 18.3 Å². The fraction of sp³-hybridized carbons (Fsp3) is 0. The van der Waals surface area contributed by atoms with Gasteiger partial charge in [-0.3, -0.25) is 0 Å². The minimum Gasteiger partial charge on any atom is -0.456 e. The van der Waals surface area contributed by atoms with Crippen molar-refractivity contribution in [1.82, 2.24) is 4.57 Å². The molecule has 0 amide bonds. The van der Waals surface area contributed by atoms with Gasteiger partial charge in [0.15, 0.2) is 0 Å². The summed E-state index contributed by atoms with van der Waals surface area (Å²) in [4.78, 5) is 2.33. The third kappa shape index (κ3) is 5.02. The van der Waals surface area contributed by atoms with Crippen LogP contribution in [0.25, 0.3) is 93.6 Å². The lowest BCUT2D eigenvalue weighted by molar-refractivity contribution is 0.668. The molecule has 58 heavy (non-hydrogen) atoms. The summed E-state index contributed by atoms with van der Waals surface area (Å²) < 4.78 is 14.9. The van der Waals surface area contributed by atoms with Crippen molar-refractivity contribution >= 4 is 82.7 Å². The molecule has 0 aliphatic rings. The Morgan fingerprint density at radius 1 is 0.310 bits per heavy atom. The highest BCUT2D eigenvalue weighted by Crippen LogP contribution is 2.43. The third-order valence-corrected chi connectivity index (χ3v) is 11.6. The summed E-state index contributed by atoms with van der Waals surface area (Å²) in [6, 6.07) is 73.4. The third-order valence-electron chi connectivity index (χ3n) is 11.6. The lowest BCUT2D eigenvalue weighted by atomic mass is 9.93. The molecule has 4 heteroatoms. The van der Waals surface area contributed by atoms with E-state index in [1.807, 2.05) is 24.3 Å². The van der Waals surface area contributed by atoms with Crippen LogP contribution >= 0.6 is 0 Å². The number of para-hydroxylation sites is 5. The lowest BCUT2D eigenvalue weighted by Gasteiger charge is -2.26. The predicted octanol–water partition coefficient (Wildman–Crippen LogP) is 15.4. The van der Waals surface area contributed by atoms with E-state index in [0.717, 1.165) is 72.2 Å². The summed E-state index contributed by atoms with van der Waals surface area (Å²) in [6.07, 6.45) is 0. The van der Waals surface area contributed by atoms with Crippen molar-refractivity contribution in [3.63, 3.8) is 0 Å². The van der Waals surface area contributed by atoms with E-state index in [-0.39, 0.29) is 0 Å². The average Bonchev–Trinajstić information content (AvgIpc) is 3.96. The van der Waals surface area contributed by atoms with Gasteiger partial charge in [0.2, 0.25) is 0 Å². The average molecular weight is 743 g/mol. The topological polar surface area (TPSA) is 34.5 Å². The molecular formula is C54H34N2O2. The molecule has 0 fully saturated rings. The molecule has 0 aliphatic heterocycles. The molecule has 12 rings (SSSR count). The number of nitrogens with zero attached hydrogens (tertiary/aromatic N) is 2. The van der Waals surface area contributed by atoms with Gasteiger partial charge in [0, 0.05) is 54.9 Å². The number of furan rings is 2. The van der Waals surface area contributed by atoms with Crippen LogP contribution in [0.1, 0.15) is 0 Å². The maximum Gasteiger partial charge on any atom is 0.135 e. The van der Waals surface area contributed by atoms with Crippen LogP contribution in [0, 0.1) is 0 Å². The molecule has 9 aromatic carbocycles. The fourth-order valence-electron chi connectivity index (χ4n) is 8.99. The van der Waals surface area contributed by atoms with Gasteiger partial charge in [0.1, 0.15) is 22.3 Å². The first-order valence-corrected chi connectivity index (χ1v) is 19.7. The molecule has 0 unspecified atom stereocenters. The summed E-state index contributed by atoms with van der Waals surface area (Å²) >= 11 is 0. The smallest absolute Gasteiger partial charge is 0.135 e. The Labute approximate surface area is 334 Å². The van der Waals surface area contributed by atoms with Gasteiger partial charge in [-0.25, -0.2) is 0 Å². The summed E-state index contributed by atoms with van der Waals surface area (Å²) in [5.41, 5.74) is 14.9. The first-order chi connectivity index (χ1) is 28.8. The largest absolute Gasteiger partial charge is 0.456 e. The van der Waals surface area contributed by atoms with E-state index in [0.29, 0.717) is 0 Å². The van der Waals surface area contributed by atoms with Crippen LogP contribution in [-0.2, 0) is 0 Å². The number of aromatic nitrogens is 1. The number of fused-ring (bicyclic) bond motifs is 9. The molecule has 0 aliphatic carbocycles. The van der Waals surface area contributed by atoms with Gasteiger partial charge in [-0.05, 0) is 95.6 Å². The van der Waals surface area contributed by atoms with E-state index in [1.54, 1.807) is 0 Å². The predicted molar refractivity (Wildman–Crippen MR) is 241 cm³/mol. The summed E-state index contributed by atoms with van der Waals surface area (Å²) in [5.74, 6) is 0. The first kappa shape index (κ1) is 32.4. The molecule has 0 bridgehead atoms. The number of rotatable bonds is 6. The lowest BCUT2D eigenvalue weighted by Crippen LogP contribution is -2.09. The van der Waals surface area contributed by atoms with Crippen LogP contribution in [0.3, 0.4) is 0 Å². The maximum absolute atomic E-state index is 6.25. The molecule has 272 valence electrons. The molecule has 0 saturated carbocycles. The second-order valence-electron chi connectivity index (χ2n) is 14.9. The Hall–Kier alpha value is -7.82. The molecule has 0 N–H and O–H groups in total. The van der Waals surface area contributed by atoms with E-state index < -0.39 is 0 Å². The van der Waals surface area contributed by atoms with Crippen molar-refractivity contribution < 1.29 is 8.83 Å². The van der Waals surface area contributed by atoms with Crippen molar-refractivity contribution in [2.24, 2.45) is 0 Å². The summed E-state index contributed by atoms with van der Waals surface area (Å²) in [7, 11) is 0. The summed E-state index contributed by atoms with van der Waals surface area (Å²) in [6.45, 7) is 0. The second kappa shape index (κ2) is 12.9. The number of anilines is 3. The quantitative estimate of drug-likeness (QED) is 0.170. The zero-order chi connectivity index (χ0) is 38.2. The van der Waals surface area contributed by atoms with E-state index >= 15 is 0 Å². The first-order valence-electron chi connectivity index (χ1n) is 19.7. The zero-order valence-corrected chi connectivity index (χ0v) is 31.3. The SMILES string of the molecule is c1ccc(-c2ccccc2-n2c3ccccc3c3ccccc32)c(-c2ccc(N(c3ccc4oc5ccccc5c4c3)c3ccc4oc5ccccc5c4c3)cc2)c1. The zero-order valence-electron chi connectivity index (χ0n) is 31.3. The van der Waals surface area contributed by atoms with Gasteiger partial charge in [-0.1, -0.05) is 127 Å². The molecule has 0 atom stereocenters. The Bertz CT molecular complexity index is 3360. The Kier molecular flexibility index (Phi) is 7.20. The van der Waals surface area contributed by atoms with Crippen LogP contribution in [0.4, 0.5) is 17.1 Å². The van der Waals surface area contributed by atoms with Gasteiger partial charge in [0.05, 0.1) is 16.7 Å². The Morgan fingerprint density at radius 2 is 0.741 bits per heavy atom. The van der Waals surface area contributed by atoms with E-state index in [9.17, 15) is 0 Å². The van der Waals surface area contributed by atoms with Crippen LogP contribution in [0.2, 0.25) is 0 Å². The number of benzene rings is 9. The van der Waals surface area contributed by atoms with Crippen LogP contribution in [0.5, 0.6) is 0 Å². The number of hydrogen-bond donors (Lipinski definition) is 0. The Balaban J connectivity index is 1.01. The van der Waals surface area contributed by atoms with Gasteiger partial charge >= 0.3 is 0 Å². The molecular weight excluding hydrogens is 709 g/mol. The molecule has 3 aromatic heterocycles. The molecule has 12 aromatic rings. The minimum absolute atomic E-state index is 0.870. The number of hydrogen-bond acceptors (Lipinski definition) is 3. The van der Waals surface area contributed by atoms with Crippen LogP contribution in [-0.4, -0.2) is 4.57 Å². The van der Waals surface area contributed by atoms with Crippen LogP contribution < -0.4 is 4.90 Å². The molecule has 3 heterocycles. The van der Waals surface area contributed by atoms with Crippen molar-refractivity contribution in [2.75, 3.05) is 4.90 Å². The van der Waals surface area contributed by atoms with E-state index in [2.05, 4.69) is 191 Å². The van der Waals surface area contributed by atoms with Crippen molar-refractivity contribution in [1.29, 1.82) is 0 Å². The normalized spacial score (nSPS) is 11.8. The van der Waals surface area contributed by atoms with Crippen molar-refractivity contribution in [3.05, 3.63) is 206 Å². The highest BCUT2D eigenvalue weighted by molar-refractivity contribution is 6.11. The minimum atomic E-state index is 0.870.